The van der Waals surface area contributed by atoms with E-state index in [2.05, 4.69) is 29.8 Å². The Balaban J connectivity index is 2.82. The molecule has 2 unspecified atom stereocenters. The molecule has 0 bridgehead atoms. The average molecular weight is 265 g/mol. The minimum atomic E-state index is 0.0940. The number of rotatable bonds is 9. The summed E-state index contributed by atoms with van der Waals surface area (Å²) >= 11 is 0. The molecule has 2 N–H and O–H groups in total. The molecule has 0 aliphatic heterocycles. The highest BCUT2D eigenvalue weighted by Crippen LogP contribution is 2.22. The Morgan fingerprint density at radius 2 is 2.11 bits per heavy atom. The predicted molar refractivity (Wildman–Crippen MR) is 79.0 cm³/mol. The quantitative estimate of drug-likeness (QED) is 0.696. The van der Waals surface area contributed by atoms with E-state index >= 15 is 0 Å². The molecule has 0 aliphatic rings. The van der Waals surface area contributed by atoms with Gasteiger partial charge in [-0.05, 0) is 32.0 Å². The summed E-state index contributed by atoms with van der Waals surface area (Å²) in [5.74, 6) is 0. The molecule has 108 valence electrons. The Labute approximate surface area is 117 Å². The van der Waals surface area contributed by atoms with Gasteiger partial charge in [-0.25, -0.2) is 0 Å². The summed E-state index contributed by atoms with van der Waals surface area (Å²) in [7, 11) is 0. The standard InChI is InChI=1S/C15H27N3O/c1-4-13(16)15(14-9-7-8-10-17-14)18(5-2)11-12-19-6-3/h7-10,13,15H,4-6,11-12,16H2,1-3H3. The highest BCUT2D eigenvalue weighted by atomic mass is 16.5. The lowest BCUT2D eigenvalue weighted by Gasteiger charge is -2.34. The zero-order chi connectivity index (χ0) is 14.1. The van der Waals surface area contributed by atoms with Gasteiger partial charge < -0.3 is 10.5 Å². The Hall–Kier alpha value is -0.970. The minimum absolute atomic E-state index is 0.0940. The molecule has 2 atom stereocenters. The first-order chi connectivity index (χ1) is 9.24. The third kappa shape index (κ3) is 4.90. The number of aromatic nitrogens is 1. The van der Waals surface area contributed by atoms with Crippen LogP contribution in [0.2, 0.25) is 0 Å². The van der Waals surface area contributed by atoms with Crippen molar-refractivity contribution in [2.24, 2.45) is 5.73 Å². The molecule has 1 aromatic heterocycles. The second kappa shape index (κ2) is 9.02. The van der Waals surface area contributed by atoms with Crippen LogP contribution in [0.25, 0.3) is 0 Å². The zero-order valence-electron chi connectivity index (χ0n) is 12.4. The van der Waals surface area contributed by atoms with Gasteiger partial charge in [-0.15, -0.1) is 0 Å². The molecule has 1 aromatic rings. The summed E-state index contributed by atoms with van der Waals surface area (Å²) in [6, 6.07) is 6.28. The van der Waals surface area contributed by atoms with Crippen LogP contribution in [0.4, 0.5) is 0 Å². The third-order valence-corrected chi connectivity index (χ3v) is 3.39. The molecule has 1 heterocycles. The molecule has 1 rings (SSSR count). The zero-order valence-corrected chi connectivity index (χ0v) is 12.4. The van der Waals surface area contributed by atoms with Gasteiger partial charge in [-0.2, -0.15) is 0 Å². The monoisotopic (exact) mass is 265 g/mol. The van der Waals surface area contributed by atoms with Gasteiger partial charge in [0, 0.05) is 25.4 Å². The van der Waals surface area contributed by atoms with Crippen molar-refractivity contribution in [2.45, 2.75) is 39.3 Å². The maximum absolute atomic E-state index is 6.31. The van der Waals surface area contributed by atoms with E-state index < -0.39 is 0 Å². The van der Waals surface area contributed by atoms with Gasteiger partial charge >= 0.3 is 0 Å². The molecule has 19 heavy (non-hydrogen) atoms. The Morgan fingerprint density at radius 3 is 2.63 bits per heavy atom. The third-order valence-electron chi connectivity index (χ3n) is 3.39. The lowest BCUT2D eigenvalue weighted by Crippen LogP contribution is -2.42. The molecule has 0 saturated carbocycles. The molecule has 0 spiro atoms. The van der Waals surface area contributed by atoms with Crippen molar-refractivity contribution in [1.82, 2.24) is 9.88 Å². The fourth-order valence-electron chi connectivity index (χ4n) is 2.27. The first kappa shape index (κ1) is 16.1. The number of hydrogen-bond acceptors (Lipinski definition) is 4. The molecule has 4 heteroatoms. The lowest BCUT2D eigenvalue weighted by atomic mass is 10.0. The number of ether oxygens (including phenoxy) is 1. The van der Waals surface area contributed by atoms with E-state index in [1.807, 2.05) is 25.3 Å². The van der Waals surface area contributed by atoms with Gasteiger partial charge in [0.1, 0.15) is 0 Å². The van der Waals surface area contributed by atoms with Gasteiger partial charge in [0.25, 0.3) is 0 Å². The molecule has 0 aliphatic carbocycles. The van der Waals surface area contributed by atoms with Crippen LogP contribution >= 0.6 is 0 Å². The molecule has 0 radical (unpaired) electrons. The SMILES string of the molecule is CCOCCN(CC)C(c1ccccn1)C(N)CC. The van der Waals surface area contributed by atoms with E-state index in [4.69, 9.17) is 10.5 Å². The maximum atomic E-state index is 6.31. The van der Waals surface area contributed by atoms with Crippen LogP contribution in [0.15, 0.2) is 24.4 Å². The lowest BCUT2D eigenvalue weighted by molar-refractivity contribution is 0.0876. The van der Waals surface area contributed by atoms with E-state index in [0.29, 0.717) is 0 Å². The van der Waals surface area contributed by atoms with Crippen LogP contribution in [0.5, 0.6) is 0 Å². The fraction of sp³-hybridized carbons (Fsp3) is 0.667. The van der Waals surface area contributed by atoms with E-state index in [0.717, 1.165) is 38.4 Å². The Bertz CT molecular complexity index is 331. The number of nitrogens with two attached hydrogens (primary N) is 1. The second-order valence-corrected chi connectivity index (χ2v) is 4.60. The van der Waals surface area contributed by atoms with Crippen LogP contribution < -0.4 is 5.73 Å². The molecule has 0 amide bonds. The van der Waals surface area contributed by atoms with E-state index in [-0.39, 0.29) is 12.1 Å². The summed E-state index contributed by atoms with van der Waals surface area (Å²) in [5, 5.41) is 0. The first-order valence-corrected chi connectivity index (χ1v) is 7.22. The van der Waals surface area contributed by atoms with Crippen LogP contribution in [0.3, 0.4) is 0 Å². The molecular weight excluding hydrogens is 238 g/mol. The summed E-state index contributed by atoms with van der Waals surface area (Å²) in [6.07, 6.45) is 2.77. The van der Waals surface area contributed by atoms with Crippen molar-refractivity contribution >= 4 is 0 Å². The molecule has 0 aromatic carbocycles. The van der Waals surface area contributed by atoms with Gasteiger partial charge in [-0.3, -0.25) is 9.88 Å². The Kier molecular flexibility index (Phi) is 7.63. The summed E-state index contributed by atoms with van der Waals surface area (Å²) in [4.78, 5) is 6.84. The van der Waals surface area contributed by atoms with Gasteiger partial charge in [0.2, 0.25) is 0 Å². The highest BCUT2D eigenvalue weighted by Gasteiger charge is 2.25. The number of likely N-dealkylation sites (N-methyl/N-ethyl adjacent to an activating group) is 1. The average Bonchev–Trinajstić information content (AvgIpc) is 2.47. The van der Waals surface area contributed by atoms with Crippen LogP contribution in [-0.2, 0) is 4.74 Å². The molecule has 0 fully saturated rings. The van der Waals surface area contributed by atoms with E-state index in [1.54, 1.807) is 0 Å². The van der Waals surface area contributed by atoms with Gasteiger partial charge in [0.15, 0.2) is 0 Å². The van der Waals surface area contributed by atoms with Crippen molar-refractivity contribution in [2.75, 3.05) is 26.3 Å². The van der Waals surface area contributed by atoms with E-state index in [1.165, 1.54) is 0 Å². The number of hydrogen-bond donors (Lipinski definition) is 1. The largest absolute Gasteiger partial charge is 0.380 e. The first-order valence-electron chi connectivity index (χ1n) is 7.22. The summed E-state index contributed by atoms with van der Waals surface area (Å²) in [6.45, 7) is 9.63. The van der Waals surface area contributed by atoms with Crippen molar-refractivity contribution in [1.29, 1.82) is 0 Å². The number of nitrogens with zero attached hydrogens (tertiary/aromatic N) is 2. The predicted octanol–water partition coefficient (Wildman–Crippen LogP) is 2.22. The van der Waals surface area contributed by atoms with Crippen molar-refractivity contribution in [3.8, 4) is 0 Å². The number of pyridine rings is 1. The molecule has 0 saturated heterocycles. The topological polar surface area (TPSA) is 51.4 Å². The smallest absolute Gasteiger partial charge is 0.0674 e. The summed E-state index contributed by atoms with van der Waals surface area (Å²) < 4.78 is 5.46. The van der Waals surface area contributed by atoms with E-state index in [9.17, 15) is 0 Å². The van der Waals surface area contributed by atoms with Crippen molar-refractivity contribution in [3.05, 3.63) is 30.1 Å². The molecule has 4 nitrogen and oxygen atoms in total. The normalized spacial score (nSPS) is 14.6. The maximum Gasteiger partial charge on any atom is 0.0674 e. The second-order valence-electron chi connectivity index (χ2n) is 4.60. The van der Waals surface area contributed by atoms with Gasteiger partial charge in [-0.1, -0.05) is 19.9 Å². The van der Waals surface area contributed by atoms with Crippen LogP contribution in [0.1, 0.15) is 38.9 Å². The van der Waals surface area contributed by atoms with Gasteiger partial charge in [0.05, 0.1) is 18.3 Å². The fourth-order valence-corrected chi connectivity index (χ4v) is 2.27. The van der Waals surface area contributed by atoms with Crippen LogP contribution in [0, 0.1) is 0 Å². The van der Waals surface area contributed by atoms with Crippen molar-refractivity contribution in [3.63, 3.8) is 0 Å². The van der Waals surface area contributed by atoms with Crippen LogP contribution in [-0.4, -0.2) is 42.2 Å². The highest BCUT2D eigenvalue weighted by molar-refractivity contribution is 5.11. The molecular formula is C15H27N3O. The minimum Gasteiger partial charge on any atom is -0.380 e. The van der Waals surface area contributed by atoms with Crippen molar-refractivity contribution < 1.29 is 4.74 Å². The summed E-state index contributed by atoms with van der Waals surface area (Å²) in [5.41, 5.74) is 7.36. The Morgan fingerprint density at radius 1 is 1.32 bits per heavy atom.